The zero-order chi connectivity index (χ0) is 18.9. The minimum atomic E-state index is -0.0504. The summed E-state index contributed by atoms with van der Waals surface area (Å²) < 4.78 is 5.42. The van der Waals surface area contributed by atoms with Gasteiger partial charge in [0.15, 0.2) is 0 Å². The summed E-state index contributed by atoms with van der Waals surface area (Å²) >= 11 is 1.50. The smallest absolute Gasteiger partial charge is 0.324 e. The zero-order valence-electron chi connectivity index (χ0n) is 15.7. The lowest BCUT2D eigenvalue weighted by Crippen LogP contribution is -2.45. The largest absolute Gasteiger partial charge is 0.381 e. The molecule has 146 valence electrons. The first kappa shape index (κ1) is 17.8. The van der Waals surface area contributed by atoms with Gasteiger partial charge in [-0.2, -0.15) is 0 Å². The van der Waals surface area contributed by atoms with Gasteiger partial charge in [0.25, 0.3) is 0 Å². The number of benzene rings is 1. The molecule has 3 aliphatic rings. The monoisotopic (exact) mass is 396 g/mol. The van der Waals surface area contributed by atoms with E-state index in [1.54, 1.807) is 0 Å². The highest BCUT2D eigenvalue weighted by atomic mass is 32.1. The van der Waals surface area contributed by atoms with Gasteiger partial charge in [-0.1, -0.05) is 47.7 Å². The number of anilines is 1. The van der Waals surface area contributed by atoms with Crippen LogP contribution in [0, 0.1) is 0 Å². The highest BCUT2D eigenvalue weighted by Gasteiger charge is 2.40. The van der Waals surface area contributed by atoms with Crippen LogP contribution in [-0.2, 0) is 4.74 Å². The number of carbonyl (C=O) groups excluding carboxylic acids is 1. The molecule has 7 heteroatoms. The molecule has 3 aliphatic heterocycles. The van der Waals surface area contributed by atoms with Crippen LogP contribution in [0.15, 0.2) is 36.4 Å². The molecule has 1 aromatic carbocycles. The molecule has 2 aromatic rings. The third-order valence-electron chi connectivity index (χ3n) is 6.00. The molecule has 4 heterocycles. The van der Waals surface area contributed by atoms with Gasteiger partial charge in [0.05, 0.1) is 6.04 Å². The van der Waals surface area contributed by atoms with E-state index in [0.717, 1.165) is 50.3 Å². The first-order valence-corrected chi connectivity index (χ1v) is 10.9. The summed E-state index contributed by atoms with van der Waals surface area (Å²) in [5, 5.41) is 13.1. The molecule has 2 bridgehead atoms. The van der Waals surface area contributed by atoms with Gasteiger partial charge in [-0.15, -0.1) is 10.2 Å². The Balaban J connectivity index is 1.28. The SMILES string of the molecule is O=C(Nc1nnc(C2CCOCC2)s1)N1C2C=C(c3ccccc3)CC1CC2. The van der Waals surface area contributed by atoms with Crippen molar-refractivity contribution in [3.05, 3.63) is 47.0 Å². The van der Waals surface area contributed by atoms with E-state index in [4.69, 9.17) is 4.74 Å². The quantitative estimate of drug-likeness (QED) is 0.841. The van der Waals surface area contributed by atoms with E-state index >= 15 is 0 Å². The van der Waals surface area contributed by atoms with Crippen LogP contribution in [0.3, 0.4) is 0 Å². The number of ether oxygens (including phenoxy) is 1. The average Bonchev–Trinajstić information content (AvgIpc) is 3.31. The third-order valence-corrected chi connectivity index (χ3v) is 7.00. The number of rotatable bonds is 3. The Morgan fingerprint density at radius 2 is 1.93 bits per heavy atom. The molecular weight excluding hydrogens is 372 g/mol. The maximum Gasteiger partial charge on any atom is 0.324 e. The maximum absolute atomic E-state index is 13.0. The topological polar surface area (TPSA) is 67.3 Å². The van der Waals surface area contributed by atoms with Gasteiger partial charge < -0.3 is 9.64 Å². The van der Waals surface area contributed by atoms with E-state index in [-0.39, 0.29) is 18.1 Å². The molecule has 2 saturated heterocycles. The van der Waals surface area contributed by atoms with Crippen LogP contribution < -0.4 is 5.32 Å². The Morgan fingerprint density at radius 3 is 2.71 bits per heavy atom. The second kappa shape index (κ2) is 7.64. The highest BCUT2D eigenvalue weighted by Crippen LogP contribution is 2.39. The van der Waals surface area contributed by atoms with Gasteiger partial charge in [0.1, 0.15) is 5.01 Å². The summed E-state index contributed by atoms with van der Waals surface area (Å²) in [7, 11) is 0. The van der Waals surface area contributed by atoms with Crippen molar-refractivity contribution in [1.82, 2.24) is 15.1 Å². The fourth-order valence-electron chi connectivity index (χ4n) is 4.56. The Bertz CT molecular complexity index is 876. The van der Waals surface area contributed by atoms with Gasteiger partial charge in [-0.05, 0) is 43.2 Å². The molecule has 2 atom stereocenters. The molecule has 0 saturated carbocycles. The second-order valence-electron chi connectivity index (χ2n) is 7.73. The van der Waals surface area contributed by atoms with Crippen LogP contribution >= 0.6 is 11.3 Å². The van der Waals surface area contributed by atoms with Crippen molar-refractivity contribution in [2.24, 2.45) is 0 Å². The van der Waals surface area contributed by atoms with Crippen LogP contribution in [0.4, 0.5) is 9.93 Å². The minimum Gasteiger partial charge on any atom is -0.381 e. The first-order valence-electron chi connectivity index (χ1n) is 10.0. The number of hydrogen-bond acceptors (Lipinski definition) is 5. The number of fused-ring (bicyclic) bond motifs is 2. The number of urea groups is 1. The van der Waals surface area contributed by atoms with Crippen molar-refractivity contribution < 1.29 is 9.53 Å². The van der Waals surface area contributed by atoms with E-state index in [1.807, 2.05) is 11.0 Å². The number of hydrogen-bond donors (Lipinski definition) is 1. The Morgan fingerprint density at radius 1 is 1.11 bits per heavy atom. The summed E-state index contributed by atoms with van der Waals surface area (Å²) in [5.74, 6) is 0.402. The summed E-state index contributed by atoms with van der Waals surface area (Å²) in [6.45, 7) is 1.55. The van der Waals surface area contributed by atoms with Gasteiger partial charge >= 0.3 is 6.03 Å². The molecule has 1 aromatic heterocycles. The van der Waals surface area contributed by atoms with Crippen LogP contribution in [0.2, 0.25) is 0 Å². The standard InChI is InChI=1S/C21H24N4O2S/c26-21(22-20-24-23-19(28-20)15-8-10-27-11-9-15)25-17-6-7-18(25)13-16(12-17)14-4-2-1-3-5-14/h1-5,12,15,17-18H,6-11,13H2,(H,22,24,26). The lowest BCUT2D eigenvalue weighted by Gasteiger charge is -2.33. The summed E-state index contributed by atoms with van der Waals surface area (Å²) in [6, 6.07) is 10.9. The normalized spacial score (nSPS) is 24.9. The lowest BCUT2D eigenvalue weighted by molar-refractivity contribution is 0.0851. The summed E-state index contributed by atoms with van der Waals surface area (Å²) in [5.41, 5.74) is 2.62. The van der Waals surface area contributed by atoms with Crippen molar-refractivity contribution in [2.75, 3.05) is 18.5 Å². The maximum atomic E-state index is 13.0. The van der Waals surface area contributed by atoms with Gasteiger partial charge in [-0.25, -0.2) is 4.79 Å². The fourth-order valence-corrected chi connectivity index (χ4v) is 5.47. The van der Waals surface area contributed by atoms with Gasteiger partial charge in [0, 0.05) is 25.2 Å². The Hall–Kier alpha value is -2.25. The predicted octanol–water partition coefficient (Wildman–Crippen LogP) is 4.28. The van der Waals surface area contributed by atoms with Crippen molar-refractivity contribution in [1.29, 1.82) is 0 Å². The summed E-state index contributed by atoms with van der Waals surface area (Å²) in [4.78, 5) is 15.0. The van der Waals surface area contributed by atoms with Crippen LogP contribution in [-0.4, -0.2) is 46.4 Å². The van der Waals surface area contributed by atoms with E-state index < -0.39 is 0 Å². The van der Waals surface area contributed by atoms with Crippen LogP contribution in [0.25, 0.3) is 5.57 Å². The van der Waals surface area contributed by atoms with E-state index in [2.05, 4.69) is 45.9 Å². The Labute approximate surface area is 168 Å². The second-order valence-corrected chi connectivity index (χ2v) is 8.74. The first-order chi connectivity index (χ1) is 13.8. The molecule has 1 N–H and O–H groups in total. The summed E-state index contributed by atoms with van der Waals surface area (Å²) in [6.07, 6.45) is 7.22. The van der Waals surface area contributed by atoms with Crippen molar-refractivity contribution >= 4 is 28.1 Å². The zero-order valence-corrected chi connectivity index (χ0v) is 16.5. The molecule has 28 heavy (non-hydrogen) atoms. The number of aromatic nitrogens is 2. The van der Waals surface area contributed by atoms with Crippen molar-refractivity contribution in [3.63, 3.8) is 0 Å². The number of amides is 2. The Kier molecular flexibility index (Phi) is 4.86. The van der Waals surface area contributed by atoms with Crippen LogP contribution in [0.1, 0.15) is 48.6 Å². The molecule has 0 aliphatic carbocycles. The molecule has 2 amide bonds. The molecule has 6 nitrogen and oxygen atoms in total. The molecule has 0 radical (unpaired) electrons. The molecule has 5 rings (SSSR count). The number of carbonyl (C=O) groups is 1. The number of nitrogens with one attached hydrogen (secondary N) is 1. The molecule has 2 fully saturated rings. The van der Waals surface area contributed by atoms with E-state index in [0.29, 0.717) is 11.0 Å². The minimum absolute atomic E-state index is 0.0504. The predicted molar refractivity (Wildman–Crippen MR) is 109 cm³/mol. The highest BCUT2D eigenvalue weighted by molar-refractivity contribution is 7.15. The van der Waals surface area contributed by atoms with Gasteiger partial charge in [-0.3, -0.25) is 5.32 Å². The van der Waals surface area contributed by atoms with Gasteiger partial charge in [0.2, 0.25) is 5.13 Å². The molecular formula is C21H24N4O2S. The molecule has 0 spiro atoms. The van der Waals surface area contributed by atoms with Crippen molar-refractivity contribution in [3.8, 4) is 0 Å². The molecule has 2 unspecified atom stereocenters. The average molecular weight is 397 g/mol. The lowest BCUT2D eigenvalue weighted by atomic mass is 9.95. The fraction of sp³-hybridized carbons (Fsp3) is 0.476. The van der Waals surface area contributed by atoms with Crippen LogP contribution in [0.5, 0.6) is 0 Å². The van der Waals surface area contributed by atoms with E-state index in [1.165, 1.54) is 22.5 Å². The number of nitrogens with zero attached hydrogens (tertiary/aromatic N) is 3. The van der Waals surface area contributed by atoms with E-state index in [9.17, 15) is 4.79 Å². The van der Waals surface area contributed by atoms with Crippen molar-refractivity contribution in [2.45, 2.75) is 50.1 Å². The third kappa shape index (κ3) is 3.44.